The summed E-state index contributed by atoms with van der Waals surface area (Å²) in [6.45, 7) is 6.75. The molecule has 0 N–H and O–H groups in total. The molecule has 0 aliphatic heterocycles. The van der Waals surface area contributed by atoms with Gasteiger partial charge in [-0.1, -0.05) is 26.8 Å². The van der Waals surface area contributed by atoms with E-state index < -0.39 is 0 Å². The maximum absolute atomic E-state index is 4.23. The maximum Gasteiger partial charge on any atom is 0.0386 e. The molecule has 2 heterocycles. The van der Waals surface area contributed by atoms with Gasteiger partial charge < -0.3 is 0 Å². The molecule has 1 nitrogen and oxygen atoms in total. The fourth-order valence-corrected chi connectivity index (χ4v) is 3.14. The van der Waals surface area contributed by atoms with Crippen LogP contribution >= 0.6 is 11.3 Å². The van der Waals surface area contributed by atoms with Crippen molar-refractivity contribution < 1.29 is 0 Å². The normalized spacial score (nSPS) is 12.4. The number of nitrogens with zero attached hydrogens (tertiary/aromatic N) is 1. The van der Waals surface area contributed by atoms with E-state index in [0.717, 1.165) is 0 Å². The van der Waals surface area contributed by atoms with E-state index in [4.69, 9.17) is 0 Å². The summed E-state index contributed by atoms with van der Waals surface area (Å²) < 4.78 is 2.67. The average Bonchev–Trinajstić information content (AvgIpc) is 2.65. The fourth-order valence-electron chi connectivity index (χ4n) is 2.09. The van der Waals surface area contributed by atoms with Crippen LogP contribution in [0.1, 0.15) is 26.3 Å². The van der Waals surface area contributed by atoms with E-state index in [2.05, 4.69) is 50.0 Å². The molecule has 0 fully saturated rings. The summed E-state index contributed by atoms with van der Waals surface area (Å²) in [5.74, 6) is 0. The Morgan fingerprint density at radius 2 is 1.76 bits per heavy atom. The van der Waals surface area contributed by atoms with Crippen LogP contribution in [0, 0.1) is 0 Å². The van der Waals surface area contributed by atoms with Crippen molar-refractivity contribution in [3.63, 3.8) is 0 Å². The molecule has 0 atom stereocenters. The summed E-state index contributed by atoms with van der Waals surface area (Å²) in [6.07, 6.45) is 3.84. The van der Waals surface area contributed by atoms with Gasteiger partial charge in [0.05, 0.1) is 0 Å². The Bertz CT molecular complexity index is 689. The van der Waals surface area contributed by atoms with Gasteiger partial charge in [0.15, 0.2) is 0 Å². The molecule has 0 saturated carbocycles. The van der Waals surface area contributed by atoms with Gasteiger partial charge in [0.1, 0.15) is 0 Å². The molecule has 0 amide bonds. The summed E-state index contributed by atoms with van der Waals surface area (Å²) in [4.78, 5) is 4.23. The highest BCUT2D eigenvalue weighted by Gasteiger charge is 2.15. The average molecular weight is 241 g/mol. The van der Waals surface area contributed by atoms with E-state index in [9.17, 15) is 0 Å². The molecule has 3 aromatic rings. The molecule has 1 aromatic carbocycles. The molecule has 0 bridgehead atoms. The molecule has 2 aromatic heterocycles. The van der Waals surface area contributed by atoms with Crippen LogP contribution in [0.3, 0.4) is 0 Å². The fraction of sp³-hybridized carbons (Fsp3) is 0.267. The van der Waals surface area contributed by atoms with Crippen molar-refractivity contribution in [2.45, 2.75) is 26.2 Å². The topological polar surface area (TPSA) is 12.9 Å². The van der Waals surface area contributed by atoms with E-state index in [1.807, 2.05) is 23.7 Å². The van der Waals surface area contributed by atoms with Crippen molar-refractivity contribution in [1.82, 2.24) is 4.98 Å². The lowest BCUT2D eigenvalue weighted by atomic mass is 9.86. The Morgan fingerprint density at radius 1 is 1.00 bits per heavy atom. The van der Waals surface area contributed by atoms with Gasteiger partial charge in [0, 0.05) is 32.6 Å². The Kier molecular flexibility index (Phi) is 2.23. The first-order chi connectivity index (χ1) is 8.05. The second-order valence-corrected chi connectivity index (χ2v) is 6.52. The number of pyridine rings is 1. The van der Waals surface area contributed by atoms with Crippen molar-refractivity contribution in [1.29, 1.82) is 0 Å². The Balaban J connectivity index is 2.38. The largest absolute Gasteiger partial charge is 0.264 e. The molecule has 3 rings (SSSR count). The Morgan fingerprint density at radius 3 is 2.53 bits per heavy atom. The number of hydrogen-bond donors (Lipinski definition) is 0. The first kappa shape index (κ1) is 10.7. The van der Waals surface area contributed by atoms with Crippen LogP contribution in [0.2, 0.25) is 0 Å². The zero-order valence-electron chi connectivity index (χ0n) is 10.3. The molecule has 0 saturated heterocycles. The van der Waals surface area contributed by atoms with Crippen LogP contribution in [-0.2, 0) is 5.41 Å². The van der Waals surface area contributed by atoms with Gasteiger partial charge in [-0.15, -0.1) is 11.3 Å². The lowest BCUT2D eigenvalue weighted by Gasteiger charge is -2.18. The second kappa shape index (κ2) is 3.54. The highest BCUT2D eigenvalue weighted by atomic mass is 32.1. The predicted molar refractivity (Wildman–Crippen MR) is 75.8 cm³/mol. The van der Waals surface area contributed by atoms with Crippen LogP contribution in [0.15, 0.2) is 36.7 Å². The van der Waals surface area contributed by atoms with Crippen LogP contribution in [0.25, 0.3) is 20.2 Å². The molecule has 0 unspecified atom stereocenters. The van der Waals surface area contributed by atoms with Crippen molar-refractivity contribution in [2.24, 2.45) is 0 Å². The molecule has 17 heavy (non-hydrogen) atoms. The van der Waals surface area contributed by atoms with Gasteiger partial charge in [-0.3, -0.25) is 4.98 Å². The summed E-state index contributed by atoms with van der Waals surface area (Å²) in [5, 5.41) is 2.61. The molecule has 0 radical (unpaired) electrons. The number of thiophene rings is 1. The summed E-state index contributed by atoms with van der Waals surface area (Å²) in [7, 11) is 0. The third kappa shape index (κ3) is 1.73. The number of aromatic nitrogens is 1. The minimum Gasteiger partial charge on any atom is -0.264 e. The molecule has 0 aliphatic rings. The smallest absolute Gasteiger partial charge is 0.0386 e. The predicted octanol–water partition coefficient (Wildman–Crippen LogP) is 4.75. The number of rotatable bonds is 0. The van der Waals surface area contributed by atoms with Crippen molar-refractivity contribution in [3.05, 3.63) is 42.2 Å². The van der Waals surface area contributed by atoms with Crippen LogP contribution in [-0.4, -0.2) is 4.98 Å². The minimum atomic E-state index is 0.199. The van der Waals surface area contributed by atoms with Crippen LogP contribution in [0.5, 0.6) is 0 Å². The molecule has 0 spiro atoms. The SMILES string of the molecule is CC(C)(C)c1ccc2sc3ccncc3c2c1. The Labute approximate surface area is 105 Å². The van der Waals surface area contributed by atoms with Gasteiger partial charge in [-0.2, -0.15) is 0 Å². The van der Waals surface area contributed by atoms with Gasteiger partial charge in [-0.25, -0.2) is 0 Å². The van der Waals surface area contributed by atoms with Gasteiger partial charge in [0.25, 0.3) is 0 Å². The van der Waals surface area contributed by atoms with Crippen molar-refractivity contribution >= 4 is 31.5 Å². The highest BCUT2D eigenvalue weighted by molar-refractivity contribution is 7.25. The summed E-state index contributed by atoms with van der Waals surface area (Å²) in [5.41, 5.74) is 1.58. The van der Waals surface area contributed by atoms with Gasteiger partial charge >= 0.3 is 0 Å². The zero-order chi connectivity index (χ0) is 12.0. The van der Waals surface area contributed by atoms with E-state index in [-0.39, 0.29) is 5.41 Å². The van der Waals surface area contributed by atoms with Crippen LogP contribution < -0.4 is 0 Å². The second-order valence-electron chi connectivity index (χ2n) is 5.43. The molecular formula is C15H15NS. The number of benzene rings is 1. The number of hydrogen-bond acceptors (Lipinski definition) is 2. The van der Waals surface area contributed by atoms with Gasteiger partial charge in [-0.05, 0) is 29.2 Å². The third-order valence-electron chi connectivity index (χ3n) is 3.14. The van der Waals surface area contributed by atoms with Crippen molar-refractivity contribution in [3.8, 4) is 0 Å². The number of fused-ring (bicyclic) bond motifs is 3. The molecule has 0 aliphatic carbocycles. The first-order valence-corrected chi connectivity index (χ1v) is 6.64. The lowest BCUT2D eigenvalue weighted by molar-refractivity contribution is 0.591. The van der Waals surface area contributed by atoms with Crippen molar-refractivity contribution in [2.75, 3.05) is 0 Å². The first-order valence-electron chi connectivity index (χ1n) is 5.82. The van der Waals surface area contributed by atoms with E-state index in [1.54, 1.807) is 0 Å². The standard InChI is InChI=1S/C15H15NS/c1-15(2,3)10-4-5-13-11(8-10)12-9-16-7-6-14(12)17-13/h4-9H,1-3H3. The summed E-state index contributed by atoms with van der Waals surface area (Å²) >= 11 is 1.84. The third-order valence-corrected chi connectivity index (χ3v) is 4.29. The highest BCUT2D eigenvalue weighted by Crippen LogP contribution is 2.35. The monoisotopic (exact) mass is 241 g/mol. The molecule has 2 heteroatoms. The zero-order valence-corrected chi connectivity index (χ0v) is 11.1. The Hall–Kier alpha value is -1.41. The van der Waals surface area contributed by atoms with E-state index >= 15 is 0 Å². The lowest BCUT2D eigenvalue weighted by Crippen LogP contribution is -2.10. The minimum absolute atomic E-state index is 0.199. The van der Waals surface area contributed by atoms with Gasteiger partial charge in [0.2, 0.25) is 0 Å². The van der Waals surface area contributed by atoms with E-state index in [0.29, 0.717) is 0 Å². The molecule has 86 valence electrons. The van der Waals surface area contributed by atoms with Crippen LogP contribution in [0.4, 0.5) is 0 Å². The quantitative estimate of drug-likeness (QED) is 0.553. The molecular weight excluding hydrogens is 226 g/mol. The summed E-state index contributed by atoms with van der Waals surface area (Å²) in [6, 6.07) is 8.89. The maximum atomic E-state index is 4.23. The van der Waals surface area contributed by atoms with E-state index in [1.165, 1.54) is 25.7 Å².